The summed E-state index contributed by atoms with van der Waals surface area (Å²) >= 11 is 3.07. The molecule has 0 aliphatic heterocycles. The second-order valence-electron chi connectivity index (χ2n) is 3.82. The van der Waals surface area contributed by atoms with Gasteiger partial charge in [0.15, 0.2) is 0 Å². The molecule has 0 aliphatic rings. The molecule has 0 atom stereocenters. The van der Waals surface area contributed by atoms with E-state index >= 15 is 0 Å². The first kappa shape index (κ1) is 15.5. The summed E-state index contributed by atoms with van der Waals surface area (Å²) in [5.74, 6) is -3.26. The van der Waals surface area contributed by atoms with Gasteiger partial charge >= 0.3 is 0 Å². The molecule has 0 spiro atoms. The molecule has 0 radical (unpaired) electrons. The molecule has 0 aliphatic carbocycles. The number of nitrogens with one attached hydrogen (secondary N) is 1. The number of rotatable bonds is 5. The fourth-order valence-corrected chi connectivity index (χ4v) is 3.28. The van der Waals surface area contributed by atoms with Gasteiger partial charge in [-0.2, -0.15) is 0 Å². The molecular weight excluding hydrogens is 330 g/mol. The lowest BCUT2D eigenvalue weighted by atomic mass is 10.2. The summed E-state index contributed by atoms with van der Waals surface area (Å²) in [4.78, 5) is -0.0738. The summed E-state index contributed by atoms with van der Waals surface area (Å²) < 4.78 is 51.7. The van der Waals surface area contributed by atoms with Crippen LogP contribution in [0, 0.1) is 6.92 Å². The number of benzene rings is 1. The molecular formula is C10H13BrF2N2O2S. The van der Waals surface area contributed by atoms with Crippen LogP contribution in [0.15, 0.2) is 27.6 Å². The summed E-state index contributed by atoms with van der Waals surface area (Å²) in [6.45, 7) is -0.226. The van der Waals surface area contributed by atoms with Crippen LogP contribution in [0.25, 0.3) is 0 Å². The van der Waals surface area contributed by atoms with Crippen molar-refractivity contribution >= 4 is 26.0 Å². The minimum atomic E-state index is -3.99. The molecule has 102 valence electrons. The van der Waals surface area contributed by atoms with Gasteiger partial charge in [-0.25, -0.2) is 21.9 Å². The van der Waals surface area contributed by atoms with E-state index in [9.17, 15) is 17.2 Å². The zero-order valence-corrected chi connectivity index (χ0v) is 12.0. The van der Waals surface area contributed by atoms with E-state index < -0.39 is 29.0 Å². The van der Waals surface area contributed by atoms with E-state index in [4.69, 9.17) is 5.73 Å². The molecule has 1 aromatic rings. The Balaban J connectivity index is 2.97. The van der Waals surface area contributed by atoms with Crippen LogP contribution in [0.3, 0.4) is 0 Å². The van der Waals surface area contributed by atoms with Crippen molar-refractivity contribution < 1.29 is 17.2 Å². The summed E-state index contributed by atoms with van der Waals surface area (Å²) in [6.07, 6.45) is 0. The second-order valence-corrected chi connectivity index (χ2v) is 6.41. The Morgan fingerprint density at radius 2 is 2.06 bits per heavy atom. The number of hydrogen-bond donors (Lipinski definition) is 2. The number of sulfonamides is 1. The maximum Gasteiger partial charge on any atom is 0.273 e. The summed E-state index contributed by atoms with van der Waals surface area (Å²) in [5.41, 5.74) is 5.55. The van der Waals surface area contributed by atoms with E-state index in [1.54, 1.807) is 19.1 Å². The van der Waals surface area contributed by atoms with Gasteiger partial charge in [-0.15, -0.1) is 0 Å². The van der Waals surface area contributed by atoms with Gasteiger partial charge < -0.3 is 5.73 Å². The van der Waals surface area contributed by atoms with E-state index in [-0.39, 0.29) is 4.90 Å². The lowest BCUT2D eigenvalue weighted by molar-refractivity contribution is 0.0170. The quantitative estimate of drug-likeness (QED) is 0.854. The number of hydrogen-bond acceptors (Lipinski definition) is 3. The summed E-state index contributed by atoms with van der Waals surface area (Å²) in [7, 11) is -3.99. The average Bonchev–Trinajstić information content (AvgIpc) is 2.30. The van der Waals surface area contributed by atoms with E-state index in [1.165, 1.54) is 6.07 Å². The molecule has 0 saturated heterocycles. The second kappa shape index (κ2) is 5.60. The Bertz CT molecular complexity index is 535. The minimum Gasteiger partial charge on any atom is -0.325 e. The van der Waals surface area contributed by atoms with Crippen molar-refractivity contribution in [2.75, 3.05) is 13.1 Å². The number of alkyl halides is 2. The summed E-state index contributed by atoms with van der Waals surface area (Å²) in [6, 6.07) is 4.65. The van der Waals surface area contributed by atoms with E-state index in [0.717, 1.165) is 0 Å². The molecule has 1 aromatic carbocycles. The highest BCUT2D eigenvalue weighted by Crippen LogP contribution is 2.23. The van der Waals surface area contributed by atoms with Crippen LogP contribution in [0.4, 0.5) is 8.78 Å². The monoisotopic (exact) mass is 342 g/mol. The Morgan fingerprint density at radius 3 is 2.61 bits per heavy atom. The minimum absolute atomic E-state index is 0.0738. The van der Waals surface area contributed by atoms with Crippen molar-refractivity contribution in [2.24, 2.45) is 5.73 Å². The predicted octanol–water partition coefficient (Wildman–Crippen LogP) is 1.63. The lowest BCUT2D eigenvalue weighted by Gasteiger charge is -2.15. The largest absolute Gasteiger partial charge is 0.325 e. The highest BCUT2D eigenvalue weighted by Gasteiger charge is 2.30. The van der Waals surface area contributed by atoms with Gasteiger partial charge in [0.2, 0.25) is 10.0 Å². The highest BCUT2D eigenvalue weighted by atomic mass is 79.9. The van der Waals surface area contributed by atoms with Crippen molar-refractivity contribution in [3.63, 3.8) is 0 Å². The zero-order valence-electron chi connectivity index (χ0n) is 9.58. The molecule has 1 rings (SSSR count). The standard InChI is InChI=1S/C10H13BrF2N2O2S/c1-7-2-3-8(11)9(4-7)18(16,17)15-6-10(12,13)5-14/h2-4,15H,5-6,14H2,1H3. The summed E-state index contributed by atoms with van der Waals surface area (Å²) in [5, 5.41) is 0. The van der Waals surface area contributed by atoms with Crippen LogP contribution in [0.1, 0.15) is 5.56 Å². The van der Waals surface area contributed by atoms with Gasteiger partial charge in [-0.3, -0.25) is 0 Å². The Hall–Kier alpha value is -0.570. The molecule has 3 N–H and O–H groups in total. The van der Waals surface area contributed by atoms with Gasteiger partial charge in [0, 0.05) is 4.47 Å². The lowest BCUT2D eigenvalue weighted by Crippen LogP contribution is -2.41. The normalized spacial score (nSPS) is 12.7. The van der Waals surface area contributed by atoms with E-state index in [0.29, 0.717) is 10.0 Å². The first-order chi connectivity index (χ1) is 8.18. The third-order valence-electron chi connectivity index (χ3n) is 2.20. The fraction of sp³-hybridized carbons (Fsp3) is 0.400. The molecule has 0 heterocycles. The molecule has 0 fully saturated rings. The molecule has 8 heteroatoms. The van der Waals surface area contributed by atoms with Gasteiger partial charge in [-0.1, -0.05) is 6.07 Å². The maximum atomic E-state index is 12.9. The maximum absolute atomic E-state index is 12.9. The predicted molar refractivity (Wildman–Crippen MR) is 68.1 cm³/mol. The smallest absolute Gasteiger partial charge is 0.273 e. The van der Waals surface area contributed by atoms with Crippen LogP contribution in [-0.2, 0) is 10.0 Å². The zero-order chi connectivity index (χ0) is 14.0. The van der Waals surface area contributed by atoms with Crippen molar-refractivity contribution in [3.8, 4) is 0 Å². The van der Waals surface area contributed by atoms with Crippen molar-refractivity contribution in [1.82, 2.24) is 4.72 Å². The van der Waals surface area contributed by atoms with Gasteiger partial charge in [0.05, 0.1) is 18.0 Å². The highest BCUT2D eigenvalue weighted by molar-refractivity contribution is 9.10. The third kappa shape index (κ3) is 3.98. The van der Waals surface area contributed by atoms with Crippen molar-refractivity contribution in [3.05, 3.63) is 28.2 Å². The number of aryl methyl sites for hydroxylation is 1. The molecule has 0 bridgehead atoms. The number of nitrogens with two attached hydrogens (primary N) is 1. The SMILES string of the molecule is Cc1ccc(Br)c(S(=O)(=O)NCC(F)(F)CN)c1. The Kier molecular flexibility index (Phi) is 4.82. The molecule has 0 amide bonds. The molecule has 18 heavy (non-hydrogen) atoms. The molecule has 4 nitrogen and oxygen atoms in total. The van der Waals surface area contributed by atoms with Crippen LogP contribution >= 0.6 is 15.9 Å². The van der Waals surface area contributed by atoms with Crippen molar-refractivity contribution in [2.45, 2.75) is 17.7 Å². The Labute approximate surface area is 113 Å². The molecule has 0 aromatic heterocycles. The van der Waals surface area contributed by atoms with Crippen LogP contribution in [-0.4, -0.2) is 27.4 Å². The molecule has 0 unspecified atom stereocenters. The van der Waals surface area contributed by atoms with E-state index in [2.05, 4.69) is 15.9 Å². The van der Waals surface area contributed by atoms with Crippen LogP contribution in [0.5, 0.6) is 0 Å². The first-order valence-corrected chi connectivity index (χ1v) is 7.29. The van der Waals surface area contributed by atoms with E-state index in [1.807, 2.05) is 4.72 Å². The van der Waals surface area contributed by atoms with Crippen molar-refractivity contribution in [1.29, 1.82) is 0 Å². The number of halogens is 3. The van der Waals surface area contributed by atoms with Gasteiger partial charge in [0.25, 0.3) is 5.92 Å². The van der Waals surface area contributed by atoms with Crippen LogP contribution < -0.4 is 10.5 Å². The van der Waals surface area contributed by atoms with Crippen LogP contribution in [0.2, 0.25) is 0 Å². The average molecular weight is 343 g/mol. The Morgan fingerprint density at radius 1 is 1.44 bits per heavy atom. The first-order valence-electron chi connectivity index (χ1n) is 5.02. The third-order valence-corrected chi connectivity index (χ3v) is 4.59. The fourth-order valence-electron chi connectivity index (χ4n) is 1.17. The molecule has 0 saturated carbocycles. The van der Waals surface area contributed by atoms with Gasteiger partial charge in [0.1, 0.15) is 0 Å². The topological polar surface area (TPSA) is 72.2 Å². The van der Waals surface area contributed by atoms with Gasteiger partial charge in [-0.05, 0) is 40.5 Å².